The zero-order valence-electron chi connectivity index (χ0n) is 15.0. The van der Waals surface area contributed by atoms with Crippen molar-refractivity contribution in [2.75, 3.05) is 26.2 Å². The Labute approximate surface area is 154 Å². The van der Waals surface area contributed by atoms with Crippen LogP contribution in [0.2, 0.25) is 0 Å². The van der Waals surface area contributed by atoms with Gasteiger partial charge >= 0.3 is 0 Å². The summed E-state index contributed by atoms with van der Waals surface area (Å²) in [6.07, 6.45) is 8.16. The number of hydrogen-bond donors (Lipinski definition) is 1. The van der Waals surface area contributed by atoms with E-state index in [-0.39, 0.29) is 18.2 Å². The van der Waals surface area contributed by atoms with Gasteiger partial charge in [-0.25, -0.2) is 9.97 Å². The average Bonchev–Trinajstić information content (AvgIpc) is 3.46. The van der Waals surface area contributed by atoms with E-state index < -0.39 is 0 Å². The quantitative estimate of drug-likeness (QED) is 0.862. The summed E-state index contributed by atoms with van der Waals surface area (Å²) < 4.78 is 0. The van der Waals surface area contributed by atoms with Crippen LogP contribution in [0.3, 0.4) is 0 Å². The smallest absolute Gasteiger partial charge is 0.115 e. The molecule has 1 saturated carbocycles. The first-order valence-corrected chi connectivity index (χ1v) is 9.69. The lowest BCUT2D eigenvalue weighted by atomic mass is 9.60. The zero-order valence-corrected chi connectivity index (χ0v) is 15.0. The van der Waals surface area contributed by atoms with E-state index in [1.165, 1.54) is 24.9 Å². The highest BCUT2D eigenvalue weighted by atomic mass is 16.3. The number of aliphatic hydroxyl groups excluding tert-OH is 1. The molecule has 2 aliphatic heterocycles. The molecule has 26 heavy (non-hydrogen) atoms. The van der Waals surface area contributed by atoms with Gasteiger partial charge in [0, 0.05) is 56.1 Å². The average molecular weight is 350 g/mol. The van der Waals surface area contributed by atoms with E-state index in [1.54, 1.807) is 6.33 Å². The van der Waals surface area contributed by atoms with Crippen LogP contribution in [0.4, 0.5) is 0 Å². The largest absolute Gasteiger partial charge is 0.395 e. The summed E-state index contributed by atoms with van der Waals surface area (Å²) >= 11 is 0. The van der Waals surface area contributed by atoms with Crippen LogP contribution >= 0.6 is 0 Å². The maximum Gasteiger partial charge on any atom is 0.115 e. The molecule has 0 unspecified atom stereocenters. The Bertz CT molecular complexity index is 743. The fraction of sp³-hybridized carbons (Fsp3) is 0.524. The van der Waals surface area contributed by atoms with Gasteiger partial charge in [-0.05, 0) is 24.3 Å². The number of nitrogens with zero attached hydrogens (tertiary/aromatic N) is 4. The van der Waals surface area contributed by atoms with Crippen molar-refractivity contribution in [3.05, 3.63) is 60.2 Å². The SMILES string of the molecule is OC[C@H]1[C@@H](c2ccccc2)C2(CN(CC3CC3)C2)N1Cc1cncnc1. The summed E-state index contributed by atoms with van der Waals surface area (Å²) in [7, 11) is 0. The lowest BCUT2D eigenvalue weighted by Gasteiger charge is -2.71. The molecular weight excluding hydrogens is 324 g/mol. The van der Waals surface area contributed by atoms with E-state index in [9.17, 15) is 5.11 Å². The standard InChI is InChI=1S/C21H26N4O/c26-12-19-20(18-4-2-1-3-5-18)21(13-24(14-21)10-16-6-7-16)25(19)11-17-8-22-15-23-9-17/h1-5,8-9,15-16,19-20,26H,6-7,10-14H2/t19-,20+/m0/s1. The van der Waals surface area contributed by atoms with Crippen LogP contribution in [-0.4, -0.2) is 62.7 Å². The monoisotopic (exact) mass is 350 g/mol. The minimum atomic E-state index is 0.138. The molecule has 2 atom stereocenters. The Morgan fingerprint density at radius 1 is 1.08 bits per heavy atom. The van der Waals surface area contributed by atoms with Crippen molar-refractivity contribution < 1.29 is 5.11 Å². The van der Waals surface area contributed by atoms with Crippen LogP contribution in [0.1, 0.15) is 29.9 Å². The van der Waals surface area contributed by atoms with Crippen molar-refractivity contribution in [2.24, 2.45) is 5.92 Å². The van der Waals surface area contributed by atoms with Gasteiger partial charge in [-0.2, -0.15) is 0 Å². The molecule has 0 radical (unpaired) electrons. The van der Waals surface area contributed by atoms with Crippen LogP contribution in [0.5, 0.6) is 0 Å². The van der Waals surface area contributed by atoms with Crippen molar-refractivity contribution in [1.82, 2.24) is 19.8 Å². The molecule has 136 valence electrons. The van der Waals surface area contributed by atoms with Crippen LogP contribution in [0.15, 0.2) is 49.1 Å². The summed E-state index contributed by atoms with van der Waals surface area (Å²) in [4.78, 5) is 13.4. The van der Waals surface area contributed by atoms with E-state index in [1.807, 2.05) is 12.4 Å². The van der Waals surface area contributed by atoms with Gasteiger partial charge in [0.2, 0.25) is 0 Å². The Morgan fingerprint density at radius 2 is 1.81 bits per heavy atom. The molecule has 3 heterocycles. The summed E-state index contributed by atoms with van der Waals surface area (Å²) in [6, 6.07) is 10.9. The summed E-state index contributed by atoms with van der Waals surface area (Å²) in [5.74, 6) is 1.32. The Hall–Kier alpha value is -1.82. The maximum absolute atomic E-state index is 10.2. The van der Waals surface area contributed by atoms with Crippen LogP contribution in [-0.2, 0) is 6.54 Å². The second-order valence-electron chi connectivity index (χ2n) is 8.23. The molecule has 1 aliphatic carbocycles. The lowest BCUT2D eigenvalue weighted by molar-refractivity contribution is -0.196. The maximum atomic E-state index is 10.2. The molecule has 5 rings (SSSR count). The van der Waals surface area contributed by atoms with Crippen molar-refractivity contribution in [3.63, 3.8) is 0 Å². The predicted octanol–water partition coefficient (Wildman–Crippen LogP) is 1.90. The third-order valence-corrected chi connectivity index (χ3v) is 6.46. The number of aromatic nitrogens is 2. The van der Waals surface area contributed by atoms with Gasteiger partial charge in [0.1, 0.15) is 6.33 Å². The van der Waals surface area contributed by atoms with Gasteiger partial charge in [-0.3, -0.25) is 9.80 Å². The van der Waals surface area contributed by atoms with E-state index in [4.69, 9.17) is 0 Å². The minimum absolute atomic E-state index is 0.138. The molecular formula is C21H26N4O. The Balaban J connectivity index is 1.41. The van der Waals surface area contributed by atoms with Gasteiger partial charge in [0.25, 0.3) is 0 Å². The first-order valence-electron chi connectivity index (χ1n) is 9.69. The number of likely N-dealkylation sites (tertiary alicyclic amines) is 2. The van der Waals surface area contributed by atoms with Crippen molar-refractivity contribution >= 4 is 0 Å². The summed E-state index contributed by atoms with van der Waals surface area (Å²) in [5.41, 5.74) is 2.62. The van der Waals surface area contributed by atoms with Crippen LogP contribution in [0.25, 0.3) is 0 Å². The van der Waals surface area contributed by atoms with Crippen LogP contribution in [0, 0.1) is 5.92 Å². The lowest BCUT2D eigenvalue weighted by Crippen LogP contribution is -2.84. The van der Waals surface area contributed by atoms with Crippen LogP contribution < -0.4 is 0 Å². The first kappa shape index (κ1) is 16.4. The normalized spacial score (nSPS) is 27.9. The van der Waals surface area contributed by atoms with Gasteiger partial charge in [-0.1, -0.05) is 30.3 Å². The second kappa shape index (κ2) is 6.41. The molecule has 2 aromatic rings. The van der Waals surface area contributed by atoms with Gasteiger partial charge < -0.3 is 5.11 Å². The highest BCUT2D eigenvalue weighted by molar-refractivity contribution is 5.36. The fourth-order valence-electron chi connectivity index (χ4n) is 5.15. The molecule has 5 nitrogen and oxygen atoms in total. The highest BCUT2D eigenvalue weighted by Crippen LogP contribution is 2.54. The van der Waals surface area contributed by atoms with Crippen molar-refractivity contribution in [2.45, 2.75) is 36.9 Å². The molecule has 3 fully saturated rings. The van der Waals surface area contributed by atoms with Crippen molar-refractivity contribution in [1.29, 1.82) is 0 Å². The molecule has 0 amide bonds. The molecule has 1 spiro atoms. The molecule has 2 saturated heterocycles. The fourth-order valence-corrected chi connectivity index (χ4v) is 5.15. The van der Waals surface area contributed by atoms with Gasteiger partial charge in [0.15, 0.2) is 0 Å². The summed E-state index contributed by atoms with van der Waals surface area (Å²) in [5, 5.41) is 10.2. The molecule has 1 aromatic heterocycles. The summed E-state index contributed by atoms with van der Waals surface area (Å²) in [6.45, 7) is 4.46. The Kier molecular flexibility index (Phi) is 4.03. The first-order chi connectivity index (χ1) is 12.8. The zero-order chi connectivity index (χ0) is 17.6. The predicted molar refractivity (Wildman–Crippen MR) is 99.5 cm³/mol. The molecule has 0 bridgehead atoms. The third kappa shape index (κ3) is 2.66. The number of hydrogen-bond acceptors (Lipinski definition) is 5. The van der Waals surface area contributed by atoms with Gasteiger partial charge in [0.05, 0.1) is 12.1 Å². The Morgan fingerprint density at radius 3 is 2.46 bits per heavy atom. The minimum Gasteiger partial charge on any atom is -0.395 e. The van der Waals surface area contributed by atoms with E-state index >= 15 is 0 Å². The molecule has 1 aromatic carbocycles. The molecule has 3 aliphatic rings. The van der Waals surface area contributed by atoms with Gasteiger partial charge in [-0.15, -0.1) is 0 Å². The van der Waals surface area contributed by atoms with E-state index in [0.29, 0.717) is 5.92 Å². The highest BCUT2D eigenvalue weighted by Gasteiger charge is 2.65. The number of benzene rings is 1. The molecule has 5 heteroatoms. The molecule has 1 N–H and O–H groups in total. The number of rotatable bonds is 6. The van der Waals surface area contributed by atoms with E-state index in [2.05, 4.69) is 50.1 Å². The second-order valence-corrected chi connectivity index (χ2v) is 8.23. The van der Waals surface area contributed by atoms with Crippen molar-refractivity contribution in [3.8, 4) is 0 Å². The number of aliphatic hydroxyl groups is 1. The third-order valence-electron chi connectivity index (χ3n) is 6.46. The van der Waals surface area contributed by atoms with E-state index in [0.717, 1.165) is 31.1 Å². The topological polar surface area (TPSA) is 52.5 Å².